The summed E-state index contributed by atoms with van der Waals surface area (Å²) >= 11 is 0. The van der Waals surface area contributed by atoms with Crippen molar-refractivity contribution >= 4 is 0 Å². The van der Waals surface area contributed by atoms with E-state index in [0.29, 0.717) is 12.3 Å². The van der Waals surface area contributed by atoms with E-state index in [9.17, 15) is 17.6 Å². The van der Waals surface area contributed by atoms with E-state index in [1.54, 1.807) is 0 Å². The van der Waals surface area contributed by atoms with Crippen molar-refractivity contribution in [2.45, 2.75) is 38.5 Å². The van der Waals surface area contributed by atoms with Gasteiger partial charge in [0.2, 0.25) is 0 Å². The predicted molar refractivity (Wildman–Crippen MR) is 69.7 cm³/mol. The lowest BCUT2D eigenvalue weighted by atomic mass is 9.85. The Morgan fingerprint density at radius 3 is 2.48 bits per heavy atom. The molecule has 0 aromatic heterocycles. The largest absolute Gasteiger partial charge is 0.493 e. The molecule has 1 aromatic rings. The highest BCUT2D eigenvalue weighted by Crippen LogP contribution is 2.52. The predicted octanol–water partition coefficient (Wildman–Crippen LogP) is 4.43. The van der Waals surface area contributed by atoms with E-state index in [2.05, 4.69) is 0 Å². The van der Waals surface area contributed by atoms with Crippen LogP contribution in [0.3, 0.4) is 0 Å². The Kier molecular flexibility index (Phi) is 4.46. The molecule has 6 heteroatoms. The Bertz CT molecular complexity index is 493. The van der Waals surface area contributed by atoms with Crippen molar-refractivity contribution < 1.29 is 27.0 Å². The number of halogens is 4. The van der Waals surface area contributed by atoms with E-state index in [1.165, 1.54) is 6.07 Å². The maximum absolute atomic E-state index is 13.4. The number of benzene rings is 1. The van der Waals surface area contributed by atoms with E-state index in [1.807, 2.05) is 13.8 Å². The van der Waals surface area contributed by atoms with Crippen molar-refractivity contribution in [3.63, 3.8) is 0 Å². The molecule has 1 atom stereocenters. The van der Waals surface area contributed by atoms with Crippen LogP contribution >= 0.6 is 0 Å². The molecular weight excluding hydrogens is 288 g/mol. The van der Waals surface area contributed by atoms with Gasteiger partial charge in [-0.05, 0) is 30.5 Å². The van der Waals surface area contributed by atoms with Gasteiger partial charge in [-0.3, -0.25) is 0 Å². The van der Waals surface area contributed by atoms with E-state index in [4.69, 9.17) is 9.47 Å². The van der Waals surface area contributed by atoms with Crippen molar-refractivity contribution in [3.8, 4) is 5.75 Å². The molecule has 1 aliphatic heterocycles. The van der Waals surface area contributed by atoms with Gasteiger partial charge >= 0.3 is 6.18 Å². The number of alkyl halides is 3. The molecule has 118 valence electrons. The molecule has 2 nitrogen and oxygen atoms in total. The van der Waals surface area contributed by atoms with Gasteiger partial charge in [-0.2, -0.15) is 13.2 Å². The van der Waals surface area contributed by atoms with Crippen molar-refractivity contribution in [1.29, 1.82) is 0 Å². The number of hydrogen-bond acceptors (Lipinski definition) is 2. The fourth-order valence-corrected chi connectivity index (χ4v) is 2.24. The van der Waals surface area contributed by atoms with Gasteiger partial charge in [0.05, 0.1) is 13.2 Å². The van der Waals surface area contributed by atoms with Crippen LogP contribution in [0, 0.1) is 11.7 Å². The topological polar surface area (TPSA) is 18.5 Å². The standard InChI is InChI=1S/C15H18F4O2/c1-10(2)5-7-20-13-4-3-11(16)9-12(13)14(6-8-21-14)15(17,18)19/h3-4,9-10H,5-8H2,1-2H3. The highest BCUT2D eigenvalue weighted by Gasteiger charge is 2.62. The maximum atomic E-state index is 13.4. The molecule has 0 bridgehead atoms. The van der Waals surface area contributed by atoms with Crippen LogP contribution in [-0.4, -0.2) is 19.4 Å². The first-order chi connectivity index (χ1) is 9.76. The van der Waals surface area contributed by atoms with Crippen molar-refractivity contribution in [1.82, 2.24) is 0 Å². The average Bonchev–Trinajstić information content (AvgIpc) is 2.28. The SMILES string of the molecule is CC(C)CCOc1ccc(F)cc1C1(C(F)(F)F)CCO1. The summed E-state index contributed by atoms with van der Waals surface area (Å²) in [7, 11) is 0. The van der Waals surface area contributed by atoms with Gasteiger partial charge in [-0.15, -0.1) is 0 Å². The van der Waals surface area contributed by atoms with Crippen LogP contribution in [0.2, 0.25) is 0 Å². The Hall–Kier alpha value is -1.30. The van der Waals surface area contributed by atoms with E-state index >= 15 is 0 Å². The minimum absolute atomic E-state index is 0.00145. The van der Waals surface area contributed by atoms with Gasteiger partial charge in [0.1, 0.15) is 11.6 Å². The van der Waals surface area contributed by atoms with Gasteiger partial charge in [-0.25, -0.2) is 4.39 Å². The van der Waals surface area contributed by atoms with Gasteiger partial charge in [0.25, 0.3) is 0 Å². The van der Waals surface area contributed by atoms with Crippen LogP contribution in [0.5, 0.6) is 5.75 Å². The highest BCUT2D eigenvalue weighted by atomic mass is 19.4. The molecule has 1 aromatic carbocycles. The van der Waals surface area contributed by atoms with E-state index in [0.717, 1.165) is 12.1 Å². The second-order valence-corrected chi connectivity index (χ2v) is 5.59. The average molecular weight is 306 g/mol. The number of hydrogen-bond donors (Lipinski definition) is 0. The molecule has 0 amide bonds. The third kappa shape index (κ3) is 3.15. The third-order valence-corrected chi connectivity index (χ3v) is 3.59. The van der Waals surface area contributed by atoms with E-state index in [-0.39, 0.29) is 30.9 Å². The molecule has 0 N–H and O–H groups in total. The van der Waals surface area contributed by atoms with Crippen LogP contribution in [0.15, 0.2) is 18.2 Å². The monoisotopic (exact) mass is 306 g/mol. The van der Waals surface area contributed by atoms with Crippen molar-refractivity contribution in [2.24, 2.45) is 5.92 Å². The first-order valence-electron chi connectivity index (χ1n) is 6.90. The first-order valence-corrected chi connectivity index (χ1v) is 6.90. The van der Waals surface area contributed by atoms with Crippen molar-refractivity contribution in [3.05, 3.63) is 29.6 Å². The Morgan fingerprint density at radius 2 is 2.00 bits per heavy atom. The molecular formula is C15H18F4O2. The molecule has 2 rings (SSSR count). The molecule has 0 saturated carbocycles. The van der Waals surface area contributed by atoms with Gasteiger partial charge in [-0.1, -0.05) is 13.8 Å². The molecule has 21 heavy (non-hydrogen) atoms. The van der Waals surface area contributed by atoms with Gasteiger partial charge < -0.3 is 9.47 Å². The van der Waals surface area contributed by atoms with Crippen LogP contribution in [0.1, 0.15) is 32.3 Å². The maximum Gasteiger partial charge on any atom is 0.421 e. The van der Waals surface area contributed by atoms with Gasteiger partial charge in [0.15, 0.2) is 5.60 Å². The summed E-state index contributed by atoms with van der Waals surface area (Å²) in [5.74, 6) is -0.333. The summed E-state index contributed by atoms with van der Waals surface area (Å²) in [4.78, 5) is 0. The Labute approximate surface area is 121 Å². The molecule has 1 aliphatic rings. The lowest BCUT2D eigenvalue weighted by Crippen LogP contribution is -2.53. The van der Waals surface area contributed by atoms with E-state index < -0.39 is 17.6 Å². The summed E-state index contributed by atoms with van der Waals surface area (Å²) in [5.41, 5.74) is -2.72. The number of ether oxygens (including phenoxy) is 2. The molecule has 0 aliphatic carbocycles. The zero-order valence-corrected chi connectivity index (χ0v) is 12.0. The van der Waals surface area contributed by atoms with Crippen LogP contribution in [0.4, 0.5) is 17.6 Å². The summed E-state index contributed by atoms with van der Waals surface area (Å²) < 4.78 is 63.6. The van der Waals surface area contributed by atoms with Crippen molar-refractivity contribution in [2.75, 3.05) is 13.2 Å². The van der Waals surface area contributed by atoms with Crippen LogP contribution in [0.25, 0.3) is 0 Å². The third-order valence-electron chi connectivity index (χ3n) is 3.59. The zero-order chi connectivity index (χ0) is 15.7. The normalized spacial score (nSPS) is 22.2. The molecule has 1 saturated heterocycles. The molecule has 0 spiro atoms. The summed E-state index contributed by atoms with van der Waals surface area (Å²) in [5, 5.41) is 0. The Morgan fingerprint density at radius 1 is 1.33 bits per heavy atom. The zero-order valence-electron chi connectivity index (χ0n) is 12.0. The summed E-state index contributed by atoms with van der Waals surface area (Å²) in [6.45, 7) is 4.26. The lowest BCUT2D eigenvalue weighted by molar-refractivity contribution is -0.334. The fourth-order valence-electron chi connectivity index (χ4n) is 2.24. The van der Waals surface area contributed by atoms with Crippen LogP contribution < -0.4 is 4.74 Å². The fraction of sp³-hybridized carbons (Fsp3) is 0.600. The summed E-state index contributed by atoms with van der Waals surface area (Å²) in [6.07, 6.45) is -4.12. The Balaban J connectivity index is 2.31. The highest BCUT2D eigenvalue weighted by molar-refractivity contribution is 5.41. The molecule has 1 fully saturated rings. The molecule has 1 heterocycles. The second-order valence-electron chi connectivity index (χ2n) is 5.59. The van der Waals surface area contributed by atoms with Crippen LogP contribution in [-0.2, 0) is 10.3 Å². The first kappa shape index (κ1) is 16.1. The molecule has 1 unspecified atom stereocenters. The second kappa shape index (κ2) is 5.83. The summed E-state index contributed by atoms with van der Waals surface area (Å²) in [6, 6.07) is 3.19. The minimum atomic E-state index is -4.60. The lowest BCUT2D eigenvalue weighted by Gasteiger charge is -2.43. The smallest absolute Gasteiger partial charge is 0.421 e. The quantitative estimate of drug-likeness (QED) is 0.749. The number of rotatable bonds is 5. The van der Waals surface area contributed by atoms with Gasteiger partial charge in [0, 0.05) is 12.0 Å². The molecule has 0 radical (unpaired) electrons. The minimum Gasteiger partial charge on any atom is -0.493 e.